The summed E-state index contributed by atoms with van der Waals surface area (Å²) in [6.45, 7) is 7.74. The van der Waals surface area contributed by atoms with Gasteiger partial charge in [0.2, 0.25) is 21.6 Å². The predicted molar refractivity (Wildman–Crippen MR) is 127 cm³/mol. The van der Waals surface area contributed by atoms with Crippen molar-refractivity contribution >= 4 is 50.5 Å². The summed E-state index contributed by atoms with van der Waals surface area (Å²) < 4.78 is 29.0. The lowest BCUT2D eigenvalue weighted by molar-refractivity contribution is -0.117. The third-order valence-corrected chi connectivity index (χ3v) is 6.68. The summed E-state index contributed by atoms with van der Waals surface area (Å²) in [6.07, 6.45) is 0.227. The Kier molecular flexibility index (Phi) is 6.32. The van der Waals surface area contributed by atoms with Gasteiger partial charge >= 0.3 is 0 Å². The number of carbonyl (C=O) groups is 1. The standard InChI is InChI=1S/C23H17Cl2N3O4S/c1-27-20-11-15(24)3-9-21(20)32-22-12-16(25)2-8-19(22)14-10-23(29)28(13-14)17-4-6-18(7-5-17)33(26,30)31/h2-9,11-12,14H,10,13H2,(H2,26,30,31)/t14-/m0/s1. The van der Waals surface area contributed by atoms with Gasteiger partial charge in [-0.15, -0.1) is 0 Å². The molecule has 0 aromatic heterocycles. The SMILES string of the molecule is [C-]#[N+]c1cc(Cl)ccc1Oc1cc(Cl)ccc1[C@H]1CC(=O)N(c2ccc(S(N)(=O)=O)cc2)C1. The van der Waals surface area contributed by atoms with Crippen LogP contribution >= 0.6 is 23.2 Å². The van der Waals surface area contributed by atoms with Crippen molar-refractivity contribution in [2.45, 2.75) is 17.2 Å². The second-order valence-corrected chi connectivity index (χ2v) is 9.89. The Morgan fingerprint density at radius 1 is 1.00 bits per heavy atom. The van der Waals surface area contributed by atoms with Crippen LogP contribution in [0.1, 0.15) is 17.9 Å². The Labute approximate surface area is 201 Å². The smallest absolute Gasteiger partial charge is 0.238 e. The summed E-state index contributed by atoms with van der Waals surface area (Å²) in [5.41, 5.74) is 1.59. The second kappa shape index (κ2) is 9.04. The average Bonchev–Trinajstić information content (AvgIpc) is 3.16. The third-order valence-electron chi connectivity index (χ3n) is 5.28. The van der Waals surface area contributed by atoms with E-state index in [1.54, 1.807) is 47.4 Å². The number of primary sulfonamides is 1. The zero-order chi connectivity index (χ0) is 23.8. The highest BCUT2D eigenvalue weighted by atomic mass is 35.5. The van der Waals surface area contributed by atoms with E-state index in [4.69, 9.17) is 39.6 Å². The number of benzene rings is 3. The molecule has 3 aromatic carbocycles. The molecule has 0 radical (unpaired) electrons. The first kappa shape index (κ1) is 23.1. The van der Waals surface area contributed by atoms with Crippen molar-refractivity contribution in [1.82, 2.24) is 0 Å². The van der Waals surface area contributed by atoms with E-state index in [1.807, 2.05) is 0 Å². The van der Waals surface area contributed by atoms with Gasteiger partial charge in [-0.25, -0.2) is 18.4 Å². The number of amides is 1. The second-order valence-electron chi connectivity index (χ2n) is 7.45. The molecule has 33 heavy (non-hydrogen) atoms. The molecule has 1 aliphatic rings. The van der Waals surface area contributed by atoms with Crippen LogP contribution in [0, 0.1) is 6.57 Å². The van der Waals surface area contributed by atoms with Gasteiger partial charge in [-0.1, -0.05) is 29.3 Å². The largest absolute Gasteiger partial charge is 0.468 e. The van der Waals surface area contributed by atoms with Crippen LogP contribution in [0.5, 0.6) is 11.5 Å². The Morgan fingerprint density at radius 3 is 2.33 bits per heavy atom. The van der Waals surface area contributed by atoms with E-state index in [0.717, 1.165) is 5.56 Å². The number of nitrogens with zero attached hydrogens (tertiary/aromatic N) is 2. The number of rotatable bonds is 5. The van der Waals surface area contributed by atoms with Gasteiger partial charge in [-0.3, -0.25) is 4.79 Å². The molecule has 168 valence electrons. The molecule has 1 amide bonds. The molecule has 1 heterocycles. The number of halogens is 2. The van der Waals surface area contributed by atoms with Crippen LogP contribution in [0.15, 0.2) is 65.6 Å². The lowest BCUT2D eigenvalue weighted by Crippen LogP contribution is -2.24. The zero-order valence-electron chi connectivity index (χ0n) is 17.0. The molecule has 0 bridgehead atoms. The summed E-state index contributed by atoms with van der Waals surface area (Å²) >= 11 is 12.2. The molecule has 0 aliphatic carbocycles. The minimum atomic E-state index is -3.82. The van der Waals surface area contributed by atoms with Crippen LogP contribution in [-0.4, -0.2) is 20.9 Å². The number of hydrogen-bond acceptors (Lipinski definition) is 4. The van der Waals surface area contributed by atoms with Gasteiger partial charge in [0.15, 0.2) is 0 Å². The van der Waals surface area contributed by atoms with Crippen molar-refractivity contribution < 1.29 is 17.9 Å². The van der Waals surface area contributed by atoms with E-state index in [-0.39, 0.29) is 28.8 Å². The normalized spacial score (nSPS) is 16.0. The van der Waals surface area contributed by atoms with Crippen LogP contribution in [-0.2, 0) is 14.8 Å². The minimum Gasteiger partial charge on any atom is -0.468 e. The lowest BCUT2D eigenvalue weighted by atomic mass is 9.97. The zero-order valence-corrected chi connectivity index (χ0v) is 19.4. The topological polar surface area (TPSA) is 94.1 Å². The fraction of sp³-hybridized carbons (Fsp3) is 0.130. The van der Waals surface area contributed by atoms with E-state index >= 15 is 0 Å². The van der Waals surface area contributed by atoms with E-state index in [2.05, 4.69) is 4.85 Å². The molecule has 10 heteroatoms. The monoisotopic (exact) mass is 501 g/mol. The van der Waals surface area contributed by atoms with Gasteiger partial charge in [-0.2, -0.15) is 0 Å². The van der Waals surface area contributed by atoms with E-state index in [0.29, 0.717) is 33.8 Å². The molecule has 1 saturated heterocycles. The van der Waals surface area contributed by atoms with E-state index in [9.17, 15) is 13.2 Å². The quantitative estimate of drug-likeness (QED) is 0.466. The minimum absolute atomic E-state index is 0.0265. The highest BCUT2D eigenvalue weighted by Crippen LogP contribution is 2.41. The molecule has 1 fully saturated rings. The summed E-state index contributed by atoms with van der Waals surface area (Å²) in [7, 11) is -3.82. The maximum atomic E-state index is 12.8. The van der Waals surface area contributed by atoms with Crippen LogP contribution in [0.25, 0.3) is 4.85 Å². The first-order valence-electron chi connectivity index (χ1n) is 9.73. The van der Waals surface area contributed by atoms with Gasteiger partial charge in [-0.05, 0) is 54.6 Å². The van der Waals surface area contributed by atoms with Crippen molar-refractivity contribution in [1.29, 1.82) is 0 Å². The van der Waals surface area contributed by atoms with E-state index in [1.165, 1.54) is 18.2 Å². The number of sulfonamides is 1. The maximum absolute atomic E-state index is 12.8. The predicted octanol–water partition coefficient (Wildman–Crippen LogP) is 5.50. The Morgan fingerprint density at radius 2 is 1.67 bits per heavy atom. The van der Waals surface area contributed by atoms with Crippen LogP contribution in [0.3, 0.4) is 0 Å². The highest BCUT2D eigenvalue weighted by molar-refractivity contribution is 7.89. The maximum Gasteiger partial charge on any atom is 0.238 e. The van der Waals surface area contributed by atoms with Crippen molar-refractivity contribution in [2.24, 2.45) is 5.14 Å². The van der Waals surface area contributed by atoms with Crippen LogP contribution in [0.2, 0.25) is 10.0 Å². The summed E-state index contributed by atoms with van der Waals surface area (Å²) in [5.74, 6) is 0.459. The van der Waals surface area contributed by atoms with Crippen molar-refractivity contribution in [3.05, 3.63) is 87.7 Å². The van der Waals surface area contributed by atoms with Crippen LogP contribution < -0.4 is 14.8 Å². The molecule has 0 unspecified atom stereocenters. The molecule has 7 nitrogen and oxygen atoms in total. The summed E-state index contributed by atoms with van der Waals surface area (Å²) in [5, 5.41) is 6.02. The molecular formula is C23H17Cl2N3O4S. The first-order valence-corrected chi connectivity index (χ1v) is 12.0. The number of hydrogen-bond donors (Lipinski definition) is 1. The molecule has 3 aromatic rings. The molecule has 2 N–H and O–H groups in total. The molecule has 0 saturated carbocycles. The van der Waals surface area contributed by atoms with Gasteiger partial charge in [0, 0.05) is 40.2 Å². The molecule has 1 atom stereocenters. The van der Waals surface area contributed by atoms with Gasteiger partial charge in [0.05, 0.1) is 11.5 Å². The lowest BCUT2D eigenvalue weighted by Gasteiger charge is -2.19. The molecular weight excluding hydrogens is 485 g/mol. The fourth-order valence-electron chi connectivity index (χ4n) is 3.70. The number of nitrogens with two attached hydrogens (primary N) is 1. The van der Waals surface area contributed by atoms with Crippen LogP contribution in [0.4, 0.5) is 11.4 Å². The molecule has 0 spiro atoms. The van der Waals surface area contributed by atoms with Crippen molar-refractivity contribution in [2.75, 3.05) is 11.4 Å². The van der Waals surface area contributed by atoms with Gasteiger partial charge < -0.3 is 9.64 Å². The van der Waals surface area contributed by atoms with E-state index < -0.39 is 10.0 Å². The molecule has 4 rings (SSSR count). The third kappa shape index (κ3) is 4.97. The number of carbonyl (C=O) groups excluding carboxylic acids is 1. The Balaban J connectivity index is 1.63. The van der Waals surface area contributed by atoms with Crippen molar-refractivity contribution in [3.8, 4) is 11.5 Å². The first-order chi connectivity index (χ1) is 15.7. The number of anilines is 1. The Hall–Kier alpha value is -3.09. The Bertz CT molecular complexity index is 1390. The molecule has 1 aliphatic heterocycles. The van der Waals surface area contributed by atoms with Gasteiger partial charge in [0.25, 0.3) is 0 Å². The summed E-state index contributed by atoms with van der Waals surface area (Å²) in [6, 6.07) is 15.8. The fourth-order valence-corrected chi connectivity index (χ4v) is 4.54. The highest BCUT2D eigenvalue weighted by Gasteiger charge is 2.33. The van der Waals surface area contributed by atoms with Crippen molar-refractivity contribution in [3.63, 3.8) is 0 Å². The summed E-state index contributed by atoms with van der Waals surface area (Å²) in [4.78, 5) is 17.8. The average molecular weight is 502 g/mol. The number of ether oxygens (including phenoxy) is 1. The van der Waals surface area contributed by atoms with Gasteiger partial charge in [0.1, 0.15) is 11.5 Å².